The predicted octanol–water partition coefficient (Wildman–Crippen LogP) is 4.10. The molecule has 0 aliphatic heterocycles. The Kier molecular flexibility index (Phi) is 5.69. The van der Waals surface area contributed by atoms with E-state index in [1.165, 1.54) is 19.3 Å². The molecule has 0 atom stereocenters. The van der Waals surface area contributed by atoms with Gasteiger partial charge in [0.05, 0.1) is 5.02 Å². The van der Waals surface area contributed by atoms with Gasteiger partial charge in [-0.1, -0.05) is 30.9 Å². The molecule has 0 saturated heterocycles. The summed E-state index contributed by atoms with van der Waals surface area (Å²) in [6.07, 6.45) is 6.06. The highest BCUT2D eigenvalue weighted by atomic mass is 79.9. The molecule has 1 fully saturated rings. The van der Waals surface area contributed by atoms with Gasteiger partial charge in [-0.2, -0.15) is 0 Å². The molecule has 0 bridgehead atoms. The van der Waals surface area contributed by atoms with E-state index in [1.807, 2.05) is 0 Å². The predicted molar refractivity (Wildman–Crippen MR) is 91.0 cm³/mol. The van der Waals surface area contributed by atoms with Crippen LogP contribution < -0.4 is 5.32 Å². The van der Waals surface area contributed by atoms with Crippen LogP contribution in [0.4, 0.5) is 0 Å². The fraction of sp³-hybridized carbons (Fsp3) is 0.562. The van der Waals surface area contributed by atoms with Crippen molar-refractivity contribution in [1.29, 1.82) is 0 Å². The average Bonchev–Trinajstić information content (AvgIpc) is 2.48. The summed E-state index contributed by atoms with van der Waals surface area (Å²) in [4.78, 5) is 14.6. The van der Waals surface area contributed by atoms with Gasteiger partial charge in [-0.25, -0.2) is 0 Å². The maximum Gasteiger partial charge on any atom is 0.251 e. The van der Waals surface area contributed by atoms with Gasteiger partial charge < -0.3 is 10.2 Å². The number of carbonyl (C=O) groups is 1. The van der Waals surface area contributed by atoms with Crippen molar-refractivity contribution in [1.82, 2.24) is 10.2 Å². The van der Waals surface area contributed by atoms with Gasteiger partial charge in [0, 0.05) is 22.1 Å². The van der Waals surface area contributed by atoms with Crippen LogP contribution in [-0.2, 0) is 0 Å². The maximum atomic E-state index is 12.3. The minimum Gasteiger partial charge on any atom is -0.350 e. The minimum absolute atomic E-state index is 0.0424. The van der Waals surface area contributed by atoms with Crippen LogP contribution in [0.1, 0.15) is 42.5 Å². The van der Waals surface area contributed by atoms with Crippen molar-refractivity contribution in [2.75, 3.05) is 20.6 Å². The molecule has 2 rings (SSSR count). The molecule has 1 aromatic carbocycles. The van der Waals surface area contributed by atoms with E-state index in [2.05, 4.69) is 40.2 Å². The molecule has 0 heterocycles. The third-order valence-electron chi connectivity index (χ3n) is 4.49. The summed E-state index contributed by atoms with van der Waals surface area (Å²) < 4.78 is 0.747. The summed E-state index contributed by atoms with van der Waals surface area (Å²) in [5.74, 6) is -0.0424. The number of rotatable bonds is 4. The number of hydrogen-bond acceptors (Lipinski definition) is 2. The third-order valence-corrected chi connectivity index (χ3v) is 5.71. The van der Waals surface area contributed by atoms with Crippen molar-refractivity contribution < 1.29 is 4.79 Å². The summed E-state index contributed by atoms with van der Waals surface area (Å²) in [7, 11) is 4.21. The summed E-state index contributed by atoms with van der Waals surface area (Å²) in [6, 6.07) is 5.26. The highest BCUT2D eigenvalue weighted by Crippen LogP contribution is 2.31. The van der Waals surface area contributed by atoms with Crippen LogP contribution in [0.2, 0.25) is 5.02 Å². The second-order valence-electron chi connectivity index (χ2n) is 5.99. The van der Waals surface area contributed by atoms with E-state index in [0.717, 1.165) is 17.3 Å². The molecule has 0 aromatic heterocycles. The van der Waals surface area contributed by atoms with Gasteiger partial charge in [-0.15, -0.1) is 0 Å². The van der Waals surface area contributed by atoms with E-state index >= 15 is 0 Å². The van der Waals surface area contributed by atoms with Gasteiger partial charge in [-0.05, 0) is 61.1 Å². The molecular weight excluding hydrogens is 352 g/mol. The lowest BCUT2D eigenvalue weighted by Gasteiger charge is -2.43. The molecule has 0 unspecified atom stereocenters. The first-order valence-corrected chi connectivity index (χ1v) is 8.52. The number of hydrogen-bond donors (Lipinski definition) is 1. The SMILES string of the molecule is CN(C)C1(CNC(=O)c2ccc(Cl)c(Br)c2)CCCCC1. The first-order chi connectivity index (χ1) is 9.94. The van der Waals surface area contributed by atoms with Crippen LogP contribution in [0.25, 0.3) is 0 Å². The Bertz CT molecular complexity index is 513. The summed E-state index contributed by atoms with van der Waals surface area (Å²) in [5.41, 5.74) is 0.730. The second-order valence-corrected chi connectivity index (χ2v) is 7.25. The normalized spacial score (nSPS) is 17.8. The Morgan fingerprint density at radius 3 is 2.57 bits per heavy atom. The zero-order chi connectivity index (χ0) is 15.5. The molecule has 0 radical (unpaired) electrons. The zero-order valence-electron chi connectivity index (χ0n) is 12.6. The van der Waals surface area contributed by atoms with Gasteiger partial charge >= 0.3 is 0 Å². The fourth-order valence-corrected chi connectivity index (χ4v) is 3.47. The van der Waals surface area contributed by atoms with Crippen molar-refractivity contribution in [3.05, 3.63) is 33.3 Å². The van der Waals surface area contributed by atoms with Crippen LogP contribution >= 0.6 is 27.5 Å². The van der Waals surface area contributed by atoms with Crippen LogP contribution in [0.3, 0.4) is 0 Å². The molecule has 116 valence electrons. The van der Waals surface area contributed by atoms with Crippen molar-refractivity contribution in [2.24, 2.45) is 0 Å². The molecule has 1 aliphatic rings. The highest BCUT2D eigenvalue weighted by Gasteiger charge is 2.34. The molecule has 0 spiro atoms. The van der Waals surface area contributed by atoms with Gasteiger partial charge in [0.25, 0.3) is 5.91 Å². The maximum absolute atomic E-state index is 12.3. The van der Waals surface area contributed by atoms with E-state index in [-0.39, 0.29) is 11.4 Å². The van der Waals surface area contributed by atoms with Crippen molar-refractivity contribution >= 4 is 33.4 Å². The molecule has 5 heteroatoms. The topological polar surface area (TPSA) is 32.3 Å². The number of benzene rings is 1. The molecule has 1 aromatic rings. The zero-order valence-corrected chi connectivity index (χ0v) is 14.9. The van der Waals surface area contributed by atoms with E-state index < -0.39 is 0 Å². The minimum atomic E-state index is -0.0424. The molecule has 1 N–H and O–H groups in total. The van der Waals surface area contributed by atoms with Crippen LogP contribution in [0.5, 0.6) is 0 Å². The second kappa shape index (κ2) is 7.12. The Balaban J connectivity index is 2.03. The van der Waals surface area contributed by atoms with Crippen molar-refractivity contribution in [3.8, 4) is 0 Å². The van der Waals surface area contributed by atoms with Crippen molar-refractivity contribution in [2.45, 2.75) is 37.6 Å². The van der Waals surface area contributed by atoms with Gasteiger partial charge in [0.15, 0.2) is 0 Å². The average molecular weight is 374 g/mol. The van der Waals surface area contributed by atoms with Gasteiger partial charge in [0.2, 0.25) is 0 Å². The number of nitrogens with one attached hydrogen (secondary N) is 1. The lowest BCUT2D eigenvalue weighted by molar-refractivity contribution is 0.0799. The smallest absolute Gasteiger partial charge is 0.251 e. The standard InChI is InChI=1S/C16H22BrClN2O/c1-20(2)16(8-4-3-5-9-16)11-19-15(21)12-6-7-14(18)13(17)10-12/h6-7,10H,3-5,8-9,11H2,1-2H3,(H,19,21). The molecular formula is C16H22BrClN2O. The summed E-state index contributed by atoms with van der Waals surface area (Å²) in [6.45, 7) is 0.694. The van der Waals surface area contributed by atoms with E-state index in [0.29, 0.717) is 17.1 Å². The quantitative estimate of drug-likeness (QED) is 0.862. The van der Waals surface area contributed by atoms with Crippen LogP contribution in [0, 0.1) is 0 Å². The molecule has 1 saturated carbocycles. The number of amides is 1. The Morgan fingerprint density at radius 1 is 1.33 bits per heavy atom. The van der Waals surface area contributed by atoms with Crippen LogP contribution in [-0.4, -0.2) is 37.0 Å². The molecule has 1 amide bonds. The third kappa shape index (κ3) is 3.99. The fourth-order valence-electron chi connectivity index (χ4n) is 2.98. The highest BCUT2D eigenvalue weighted by molar-refractivity contribution is 9.10. The number of nitrogens with zero attached hydrogens (tertiary/aromatic N) is 1. The lowest BCUT2D eigenvalue weighted by atomic mass is 9.80. The first kappa shape index (κ1) is 16.8. The molecule has 21 heavy (non-hydrogen) atoms. The largest absolute Gasteiger partial charge is 0.350 e. The number of carbonyl (C=O) groups excluding carboxylic acids is 1. The van der Waals surface area contributed by atoms with Crippen molar-refractivity contribution in [3.63, 3.8) is 0 Å². The summed E-state index contributed by atoms with van der Waals surface area (Å²) >= 11 is 9.32. The van der Waals surface area contributed by atoms with Gasteiger partial charge in [0.1, 0.15) is 0 Å². The first-order valence-electron chi connectivity index (χ1n) is 7.35. The molecule has 3 nitrogen and oxygen atoms in total. The number of likely N-dealkylation sites (N-methyl/N-ethyl adjacent to an activating group) is 1. The number of halogens is 2. The van der Waals surface area contributed by atoms with Gasteiger partial charge in [-0.3, -0.25) is 4.79 Å². The van der Waals surface area contributed by atoms with E-state index in [1.54, 1.807) is 18.2 Å². The Labute approximate surface area is 140 Å². The van der Waals surface area contributed by atoms with E-state index in [9.17, 15) is 4.79 Å². The Morgan fingerprint density at radius 2 is 2.00 bits per heavy atom. The van der Waals surface area contributed by atoms with Crippen LogP contribution in [0.15, 0.2) is 22.7 Å². The lowest BCUT2D eigenvalue weighted by Crippen LogP contribution is -2.53. The molecule has 1 aliphatic carbocycles. The Hall–Kier alpha value is -0.580. The monoisotopic (exact) mass is 372 g/mol. The summed E-state index contributed by atoms with van der Waals surface area (Å²) in [5, 5.41) is 3.71. The van der Waals surface area contributed by atoms with E-state index in [4.69, 9.17) is 11.6 Å².